The maximum absolute atomic E-state index is 10.1. The van der Waals surface area contributed by atoms with Gasteiger partial charge in [-0.3, -0.25) is 0 Å². The summed E-state index contributed by atoms with van der Waals surface area (Å²) in [6, 6.07) is 0. The number of carboxylic acids is 1. The molecule has 0 amide bonds. The van der Waals surface area contributed by atoms with Crippen LogP contribution in [0.4, 0.5) is 0 Å². The summed E-state index contributed by atoms with van der Waals surface area (Å²) in [5.74, 6) is -0.972. The van der Waals surface area contributed by atoms with Gasteiger partial charge in [-0.1, -0.05) is 20.8 Å². The molecule has 0 aromatic rings. The molecule has 9 heavy (non-hydrogen) atoms. The largest absolute Gasteiger partial charge is 1.00 e. The maximum atomic E-state index is 10.1. The molecule has 0 N–H and O–H groups in total. The Morgan fingerprint density at radius 3 is 1.89 bits per heavy atom. The summed E-state index contributed by atoms with van der Waals surface area (Å²) >= 11 is 0. The molecule has 0 rings (SSSR count). The van der Waals surface area contributed by atoms with Crippen molar-refractivity contribution in [3.8, 4) is 0 Å². The Morgan fingerprint density at radius 1 is 1.56 bits per heavy atom. The van der Waals surface area contributed by atoms with E-state index in [0.717, 1.165) is 0 Å². The van der Waals surface area contributed by atoms with E-state index in [4.69, 9.17) is 0 Å². The summed E-state index contributed by atoms with van der Waals surface area (Å²) < 4.78 is 0. The standard InChI is InChI=1S/C6H12O2.K/c1-4-6(2,3)5(7)8;/h4H2,1-3H3,(H,7,8);/q;+1/p-1. The van der Waals surface area contributed by atoms with Gasteiger partial charge in [0.25, 0.3) is 0 Å². The Morgan fingerprint density at radius 2 is 1.89 bits per heavy atom. The van der Waals surface area contributed by atoms with E-state index < -0.39 is 11.4 Å². The number of carbonyl (C=O) groups is 1. The van der Waals surface area contributed by atoms with Crippen LogP contribution in [0, 0.1) is 5.41 Å². The van der Waals surface area contributed by atoms with Gasteiger partial charge >= 0.3 is 51.4 Å². The predicted octanol–water partition coefficient (Wildman–Crippen LogP) is -2.82. The number of hydrogen-bond donors (Lipinski definition) is 0. The first kappa shape index (κ1) is 12.8. The van der Waals surface area contributed by atoms with Gasteiger partial charge in [0.15, 0.2) is 0 Å². The van der Waals surface area contributed by atoms with Gasteiger partial charge in [0.05, 0.1) is 0 Å². The molecule has 0 aromatic carbocycles. The normalized spacial score (nSPS) is 10.1. The molecule has 0 saturated heterocycles. The summed E-state index contributed by atoms with van der Waals surface area (Å²) in [5, 5.41) is 10.1. The first-order valence-electron chi connectivity index (χ1n) is 2.72. The minimum Gasteiger partial charge on any atom is -0.550 e. The quantitative estimate of drug-likeness (QED) is 0.402. The zero-order valence-electron chi connectivity index (χ0n) is 6.52. The molecule has 2 nitrogen and oxygen atoms in total. The van der Waals surface area contributed by atoms with Crippen molar-refractivity contribution < 1.29 is 61.3 Å². The van der Waals surface area contributed by atoms with Gasteiger partial charge < -0.3 is 9.90 Å². The molecule has 0 bridgehead atoms. The van der Waals surface area contributed by atoms with Gasteiger partial charge in [-0.25, -0.2) is 0 Å². The van der Waals surface area contributed by atoms with E-state index in [0.29, 0.717) is 6.42 Å². The van der Waals surface area contributed by atoms with Gasteiger partial charge in [-0.05, 0) is 6.42 Å². The van der Waals surface area contributed by atoms with E-state index in [-0.39, 0.29) is 51.4 Å². The minimum absolute atomic E-state index is 0. The Bertz CT molecular complexity index is 99.2. The van der Waals surface area contributed by atoms with Gasteiger partial charge in [-0.2, -0.15) is 0 Å². The fraction of sp³-hybridized carbons (Fsp3) is 0.833. The molecule has 0 spiro atoms. The molecule has 48 valence electrons. The fourth-order valence-electron chi connectivity index (χ4n) is 0.144. The molecule has 0 radical (unpaired) electrons. The van der Waals surface area contributed by atoms with Crippen molar-refractivity contribution in [1.82, 2.24) is 0 Å². The monoisotopic (exact) mass is 154 g/mol. The number of aliphatic carboxylic acids is 1. The first-order chi connectivity index (χ1) is 3.50. The average molecular weight is 154 g/mol. The van der Waals surface area contributed by atoms with E-state index in [9.17, 15) is 9.90 Å². The van der Waals surface area contributed by atoms with Crippen molar-refractivity contribution in [2.24, 2.45) is 5.41 Å². The molecular weight excluding hydrogens is 143 g/mol. The van der Waals surface area contributed by atoms with Crippen LogP contribution in [0.5, 0.6) is 0 Å². The van der Waals surface area contributed by atoms with E-state index in [1.54, 1.807) is 13.8 Å². The minimum atomic E-state index is -0.972. The summed E-state index contributed by atoms with van der Waals surface area (Å²) in [4.78, 5) is 10.1. The van der Waals surface area contributed by atoms with E-state index >= 15 is 0 Å². The summed E-state index contributed by atoms with van der Waals surface area (Å²) in [7, 11) is 0. The van der Waals surface area contributed by atoms with Crippen LogP contribution in [-0.2, 0) is 4.79 Å². The number of carboxylic acid groups (broad SMARTS) is 1. The van der Waals surface area contributed by atoms with E-state index in [1.807, 2.05) is 6.92 Å². The molecule has 0 heterocycles. The van der Waals surface area contributed by atoms with E-state index in [2.05, 4.69) is 0 Å². The third-order valence-corrected chi connectivity index (χ3v) is 1.44. The molecule has 0 fully saturated rings. The second-order valence-corrected chi connectivity index (χ2v) is 2.52. The second kappa shape index (κ2) is 4.85. The van der Waals surface area contributed by atoms with Crippen molar-refractivity contribution in [3.05, 3.63) is 0 Å². The Kier molecular flexibility index (Phi) is 6.87. The molecule has 0 aliphatic carbocycles. The fourth-order valence-corrected chi connectivity index (χ4v) is 0.144. The van der Waals surface area contributed by atoms with Crippen LogP contribution in [0.1, 0.15) is 27.2 Å². The molecule has 0 unspecified atom stereocenters. The van der Waals surface area contributed by atoms with Crippen LogP contribution in [0.15, 0.2) is 0 Å². The van der Waals surface area contributed by atoms with Crippen molar-refractivity contribution in [2.45, 2.75) is 27.2 Å². The Hall–Kier alpha value is 1.11. The number of hydrogen-bond acceptors (Lipinski definition) is 2. The third kappa shape index (κ3) is 4.50. The van der Waals surface area contributed by atoms with Crippen LogP contribution in [0.25, 0.3) is 0 Å². The zero-order chi connectivity index (χ0) is 6.78. The van der Waals surface area contributed by atoms with Crippen LogP contribution in [-0.4, -0.2) is 5.97 Å². The van der Waals surface area contributed by atoms with Gasteiger partial charge in [0.2, 0.25) is 0 Å². The first-order valence-corrected chi connectivity index (χ1v) is 2.72. The summed E-state index contributed by atoms with van der Waals surface area (Å²) in [6.07, 6.45) is 0.620. The molecular formula is C6H11KO2. The number of carbonyl (C=O) groups excluding carboxylic acids is 1. The van der Waals surface area contributed by atoms with Crippen molar-refractivity contribution in [3.63, 3.8) is 0 Å². The molecule has 0 atom stereocenters. The average Bonchev–Trinajstić information content (AvgIpc) is 1.67. The van der Waals surface area contributed by atoms with Crippen LogP contribution in [0.3, 0.4) is 0 Å². The third-order valence-electron chi connectivity index (χ3n) is 1.44. The molecule has 0 aliphatic heterocycles. The molecule has 0 saturated carbocycles. The van der Waals surface area contributed by atoms with Gasteiger partial charge in [0.1, 0.15) is 0 Å². The molecule has 3 heteroatoms. The molecule has 0 aromatic heterocycles. The smallest absolute Gasteiger partial charge is 0.550 e. The summed E-state index contributed by atoms with van der Waals surface area (Å²) in [6.45, 7) is 5.14. The van der Waals surface area contributed by atoms with E-state index in [1.165, 1.54) is 0 Å². The molecule has 0 aliphatic rings. The van der Waals surface area contributed by atoms with Crippen molar-refractivity contribution in [2.75, 3.05) is 0 Å². The van der Waals surface area contributed by atoms with Gasteiger partial charge in [0, 0.05) is 11.4 Å². The SMILES string of the molecule is CCC(C)(C)C(=O)[O-].[K+]. The maximum Gasteiger partial charge on any atom is 1.00 e. The van der Waals surface area contributed by atoms with Gasteiger partial charge in [-0.15, -0.1) is 0 Å². The number of rotatable bonds is 2. The topological polar surface area (TPSA) is 40.1 Å². The van der Waals surface area contributed by atoms with Crippen LogP contribution in [0.2, 0.25) is 0 Å². The zero-order valence-corrected chi connectivity index (χ0v) is 9.65. The van der Waals surface area contributed by atoms with Crippen molar-refractivity contribution >= 4 is 5.97 Å². The van der Waals surface area contributed by atoms with Crippen molar-refractivity contribution in [1.29, 1.82) is 0 Å². The Balaban J connectivity index is 0. The van der Waals surface area contributed by atoms with Crippen LogP contribution >= 0.6 is 0 Å². The summed E-state index contributed by atoms with van der Waals surface area (Å²) in [5.41, 5.74) is -0.653. The predicted molar refractivity (Wildman–Crippen MR) is 29.1 cm³/mol. The Labute approximate surface area is 98.4 Å². The second-order valence-electron chi connectivity index (χ2n) is 2.52. The van der Waals surface area contributed by atoms with Crippen LogP contribution < -0.4 is 56.5 Å².